The van der Waals surface area contributed by atoms with Gasteiger partial charge in [-0.3, -0.25) is 14.4 Å². The Morgan fingerprint density at radius 1 is 1.14 bits per heavy atom. The molecule has 0 radical (unpaired) electrons. The molecular weight excluding hydrogens is 488 g/mol. The number of halogens is 1. The molecule has 3 heterocycles. The smallest absolute Gasteiger partial charge is 0.268 e. The molecule has 2 N–H and O–H groups in total. The molecule has 3 atom stereocenters. The Hall–Kier alpha value is -3.32. The van der Waals surface area contributed by atoms with Crippen LogP contribution < -0.4 is 5.32 Å². The molecule has 0 spiro atoms. The Balaban J connectivity index is 1.33. The van der Waals surface area contributed by atoms with E-state index in [0.29, 0.717) is 35.8 Å². The molecule has 37 heavy (non-hydrogen) atoms. The van der Waals surface area contributed by atoms with Crippen molar-refractivity contribution in [3.05, 3.63) is 70.4 Å². The summed E-state index contributed by atoms with van der Waals surface area (Å²) in [6.07, 6.45) is 0.672. The maximum Gasteiger partial charge on any atom is 0.268 e. The second-order valence-electron chi connectivity index (χ2n) is 11.6. The lowest BCUT2D eigenvalue weighted by atomic mass is 9.78. The third-order valence-electron chi connectivity index (χ3n) is 7.97. The van der Waals surface area contributed by atoms with E-state index >= 15 is 0 Å². The second kappa shape index (κ2) is 8.91. The number of carbonyl (C=O) groups is 3. The summed E-state index contributed by atoms with van der Waals surface area (Å²) in [6, 6.07) is 14.1. The predicted octanol–water partition coefficient (Wildman–Crippen LogP) is 4.79. The van der Waals surface area contributed by atoms with Gasteiger partial charge in [0.05, 0.1) is 22.2 Å². The maximum atomic E-state index is 13.9. The Kier molecular flexibility index (Phi) is 6.10. The number of hydrogen-bond acceptors (Lipinski definition) is 3. The van der Waals surface area contributed by atoms with E-state index in [2.05, 4.69) is 10.3 Å². The molecule has 2 aliphatic rings. The number of nitrogens with zero attached hydrogens (tertiary/aromatic N) is 2. The van der Waals surface area contributed by atoms with Gasteiger partial charge < -0.3 is 20.1 Å². The highest BCUT2D eigenvalue weighted by Crippen LogP contribution is 2.44. The van der Waals surface area contributed by atoms with Crippen molar-refractivity contribution in [1.82, 2.24) is 20.1 Å². The molecule has 0 bridgehead atoms. The first-order valence-corrected chi connectivity index (χ1v) is 13.1. The first-order valence-electron chi connectivity index (χ1n) is 12.7. The van der Waals surface area contributed by atoms with Crippen LogP contribution in [0.2, 0.25) is 5.02 Å². The topological polar surface area (TPSA) is 85.5 Å². The minimum atomic E-state index is -0.722. The number of benzene rings is 2. The third-order valence-corrected chi connectivity index (χ3v) is 8.28. The predicted molar refractivity (Wildman–Crippen MR) is 145 cm³/mol. The first-order chi connectivity index (χ1) is 17.4. The SMILES string of the molecule is Cc1ccc(C(=O)N2CCC3(C)C2CN3C(=O)C(NC(=O)c2cc3ccccc3[nH]2)C(C)(C)C)c(Cl)c1. The average Bonchev–Trinajstić information content (AvgIpc) is 3.36. The van der Waals surface area contributed by atoms with Gasteiger partial charge in [0.25, 0.3) is 11.8 Å². The number of aromatic nitrogens is 1. The molecule has 194 valence electrons. The molecule has 8 heteroatoms. The van der Waals surface area contributed by atoms with E-state index in [4.69, 9.17) is 11.6 Å². The number of aromatic amines is 1. The Bertz CT molecular complexity index is 1370. The van der Waals surface area contributed by atoms with Crippen molar-refractivity contribution >= 4 is 40.2 Å². The largest absolute Gasteiger partial charge is 0.351 e. The van der Waals surface area contributed by atoms with Crippen LogP contribution in [0.4, 0.5) is 0 Å². The van der Waals surface area contributed by atoms with Crippen LogP contribution in [-0.4, -0.2) is 63.2 Å². The van der Waals surface area contributed by atoms with Crippen LogP contribution in [0.3, 0.4) is 0 Å². The minimum absolute atomic E-state index is 0.0913. The zero-order valence-electron chi connectivity index (χ0n) is 21.9. The van der Waals surface area contributed by atoms with Gasteiger partial charge in [0.15, 0.2) is 0 Å². The van der Waals surface area contributed by atoms with Crippen molar-refractivity contribution in [3.63, 3.8) is 0 Å². The van der Waals surface area contributed by atoms with Crippen LogP contribution in [0.5, 0.6) is 0 Å². The van der Waals surface area contributed by atoms with Crippen molar-refractivity contribution in [1.29, 1.82) is 0 Å². The van der Waals surface area contributed by atoms with E-state index < -0.39 is 17.0 Å². The molecule has 3 unspecified atom stereocenters. The quantitative estimate of drug-likeness (QED) is 0.518. The molecule has 0 saturated carbocycles. The van der Waals surface area contributed by atoms with Crippen LogP contribution in [0.1, 0.15) is 60.5 Å². The van der Waals surface area contributed by atoms with E-state index in [1.165, 1.54) is 0 Å². The molecule has 3 amide bonds. The number of likely N-dealkylation sites (tertiary alicyclic amines) is 2. The monoisotopic (exact) mass is 520 g/mol. The molecule has 7 nitrogen and oxygen atoms in total. The minimum Gasteiger partial charge on any atom is -0.351 e. The molecule has 3 aromatic rings. The van der Waals surface area contributed by atoms with Gasteiger partial charge in [-0.1, -0.05) is 56.6 Å². The lowest BCUT2D eigenvalue weighted by molar-refractivity contribution is -0.155. The lowest BCUT2D eigenvalue weighted by Crippen LogP contribution is -2.74. The van der Waals surface area contributed by atoms with E-state index in [-0.39, 0.29) is 23.8 Å². The van der Waals surface area contributed by atoms with Gasteiger partial charge in [-0.05, 0) is 55.5 Å². The van der Waals surface area contributed by atoms with Crippen LogP contribution in [-0.2, 0) is 4.79 Å². The first kappa shape index (κ1) is 25.3. The van der Waals surface area contributed by atoms with Crippen molar-refractivity contribution in [2.24, 2.45) is 5.41 Å². The zero-order valence-corrected chi connectivity index (χ0v) is 22.6. The zero-order chi connectivity index (χ0) is 26.7. The van der Waals surface area contributed by atoms with Crippen molar-refractivity contribution in [2.45, 2.75) is 58.7 Å². The van der Waals surface area contributed by atoms with Gasteiger partial charge in [-0.2, -0.15) is 0 Å². The maximum absolute atomic E-state index is 13.9. The normalized spacial score (nSPS) is 21.9. The number of amides is 3. The summed E-state index contributed by atoms with van der Waals surface area (Å²) in [5.74, 6) is -0.548. The highest BCUT2D eigenvalue weighted by Gasteiger charge is 2.60. The summed E-state index contributed by atoms with van der Waals surface area (Å²) in [7, 11) is 0. The molecule has 2 aromatic carbocycles. The second-order valence-corrected chi connectivity index (χ2v) is 12.0. The van der Waals surface area contributed by atoms with Crippen LogP contribution in [0, 0.1) is 12.3 Å². The Morgan fingerprint density at radius 3 is 2.54 bits per heavy atom. The van der Waals surface area contributed by atoms with Crippen molar-refractivity contribution in [3.8, 4) is 0 Å². The molecule has 2 fully saturated rings. The van der Waals surface area contributed by atoms with Gasteiger partial charge >= 0.3 is 0 Å². The summed E-state index contributed by atoms with van der Waals surface area (Å²) in [5, 5.41) is 4.37. The molecular formula is C29H33ClN4O3. The summed E-state index contributed by atoms with van der Waals surface area (Å²) < 4.78 is 0. The fraction of sp³-hybridized carbons (Fsp3) is 0.414. The molecule has 1 aromatic heterocycles. The lowest BCUT2D eigenvalue weighted by Gasteiger charge is -2.56. The molecule has 2 aliphatic heterocycles. The summed E-state index contributed by atoms with van der Waals surface area (Å²) in [5.41, 5.74) is 1.77. The number of aryl methyl sites for hydroxylation is 1. The number of fused-ring (bicyclic) bond motifs is 2. The molecule has 5 rings (SSSR count). The summed E-state index contributed by atoms with van der Waals surface area (Å²) in [4.78, 5) is 47.2. The average molecular weight is 521 g/mol. The number of nitrogens with one attached hydrogen (secondary N) is 2. The number of carbonyl (C=O) groups excluding carboxylic acids is 3. The standard InChI is InChI=1S/C29H33ClN4O3/c1-17-10-11-19(20(30)14-17)26(36)33-13-12-29(5)23(33)16-34(29)27(37)24(28(2,3)4)32-25(35)22-15-18-8-6-7-9-21(18)31-22/h6-11,14-15,23-24,31H,12-13,16H2,1-5H3,(H,32,35). The Labute approximate surface area is 222 Å². The van der Waals surface area contributed by atoms with E-state index in [9.17, 15) is 14.4 Å². The van der Waals surface area contributed by atoms with Gasteiger partial charge in [-0.25, -0.2) is 0 Å². The fourth-order valence-corrected chi connectivity index (χ4v) is 5.94. The number of para-hydroxylation sites is 1. The van der Waals surface area contributed by atoms with Crippen molar-refractivity contribution < 1.29 is 14.4 Å². The molecule has 2 saturated heterocycles. The van der Waals surface area contributed by atoms with E-state index in [0.717, 1.165) is 16.5 Å². The van der Waals surface area contributed by atoms with Crippen LogP contribution >= 0.6 is 11.6 Å². The number of H-pyrrole nitrogens is 1. The number of rotatable bonds is 4. The highest BCUT2D eigenvalue weighted by molar-refractivity contribution is 6.33. The van der Waals surface area contributed by atoms with E-state index in [1.54, 1.807) is 18.2 Å². The summed E-state index contributed by atoms with van der Waals surface area (Å²) >= 11 is 6.38. The Morgan fingerprint density at radius 2 is 1.86 bits per heavy atom. The van der Waals surface area contributed by atoms with Crippen LogP contribution in [0.15, 0.2) is 48.5 Å². The van der Waals surface area contributed by atoms with Gasteiger partial charge in [0.1, 0.15) is 11.7 Å². The number of hydrogen-bond donors (Lipinski definition) is 2. The fourth-order valence-electron chi connectivity index (χ4n) is 5.63. The third kappa shape index (κ3) is 4.29. The van der Waals surface area contributed by atoms with Crippen molar-refractivity contribution in [2.75, 3.05) is 13.1 Å². The van der Waals surface area contributed by atoms with E-state index in [1.807, 2.05) is 74.8 Å². The van der Waals surface area contributed by atoms with Crippen LogP contribution in [0.25, 0.3) is 10.9 Å². The van der Waals surface area contributed by atoms with Gasteiger partial charge in [0, 0.05) is 24.0 Å². The highest BCUT2D eigenvalue weighted by atomic mass is 35.5. The summed E-state index contributed by atoms with van der Waals surface area (Å²) in [6.45, 7) is 10.8. The molecule has 0 aliphatic carbocycles. The van der Waals surface area contributed by atoms with Gasteiger partial charge in [0.2, 0.25) is 5.91 Å². The van der Waals surface area contributed by atoms with Gasteiger partial charge in [-0.15, -0.1) is 0 Å².